The standard InChI is InChI=1S/C20H15ClO2/c1-11(19(21)20(22)23)15-9-7-14-6-5-12-3-2-4-13-8-10-16(15)18(14)17(12)13/h2-11,19H,1H3,(H,22,23)/p-1/t11-,19?/m0/s1. The van der Waals surface area contributed by atoms with Crippen molar-refractivity contribution in [1.82, 2.24) is 0 Å². The van der Waals surface area contributed by atoms with Crippen LogP contribution in [0.2, 0.25) is 0 Å². The maximum atomic E-state index is 11.1. The number of carboxylic acids is 1. The molecule has 0 aliphatic heterocycles. The zero-order valence-corrected chi connectivity index (χ0v) is 13.3. The summed E-state index contributed by atoms with van der Waals surface area (Å²) in [5.41, 5.74) is 0.944. The Morgan fingerprint density at radius 3 is 2.13 bits per heavy atom. The van der Waals surface area contributed by atoms with Gasteiger partial charge in [-0.05, 0) is 37.9 Å². The van der Waals surface area contributed by atoms with Crippen molar-refractivity contribution in [2.75, 3.05) is 0 Å². The van der Waals surface area contributed by atoms with Gasteiger partial charge in [-0.3, -0.25) is 0 Å². The first kappa shape index (κ1) is 14.3. The van der Waals surface area contributed by atoms with E-state index in [0.717, 1.165) is 16.3 Å². The zero-order chi connectivity index (χ0) is 16.1. The van der Waals surface area contributed by atoms with Crippen LogP contribution in [0.5, 0.6) is 0 Å². The fraction of sp³-hybridized carbons (Fsp3) is 0.150. The smallest absolute Gasteiger partial charge is 0.0796 e. The Morgan fingerprint density at radius 1 is 0.913 bits per heavy atom. The van der Waals surface area contributed by atoms with Crippen LogP contribution in [0.1, 0.15) is 18.4 Å². The number of benzene rings is 4. The van der Waals surface area contributed by atoms with E-state index in [0.29, 0.717) is 0 Å². The van der Waals surface area contributed by atoms with Gasteiger partial charge in [0.2, 0.25) is 0 Å². The fourth-order valence-corrected chi connectivity index (χ4v) is 3.65. The summed E-state index contributed by atoms with van der Waals surface area (Å²) in [5.74, 6) is -1.56. The summed E-state index contributed by atoms with van der Waals surface area (Å²) in [7, 11) is 0. The molecule has 0 spiro atoms. The van der Waals surface area contributed by atoms with Gasteiger partial charge in [-0.2, -0.15) is 0 Å². The van der Waals surface area contributed by atoms with Gasteiger partial charge in [0.1, 0.15) is 0 Å². The molecule has 0 amide bonds. The van der Waals surface area contributed by atoms with Gasteiger partial charge < -0.3 is 9.90 Å². The van der Waals surface area contributed by atoms with Crippen LogP contribution >= 0.6 is 11.6 Å². The van der Waals surface area contributed by atoms with Crippen molar-refractivity contribution in [3.63, 3.8) is 0 Å². The molecule has 0 N–H and O–H groups in total. The minimum Gasteiger partial charge on any atom is -0.549 e. The monoisotopic (exact) mass is 321 g/mol. The van der Waals surface area contributed by atoms with Crippen LogP contribution in [-0.4, -0.2) is 11.3 Å². The van der Waals surface area contributed by atoms with Crippen LogP contribution < -0.4 is 5.11 Å². The van der Waals surface area contributed by atoms with Crippen molar-refractivity contribution in [2.24, 2.45) is 0 Å². The number of rotatable bonds is 3. The summed E-state index contributed by atoms with van der Waals surface area (Å²) in [4.78, 5) is 11.1. The average molecular weight is 322 g/mol. The zero-order valence-electron chi connectivity index (χ0n) is 12.5. The van der Waals surface area contributed by atoms with E-state index in [9.17, 15) is 9.90 Å². The number of carbonyl (C=O) groups is 1. The predicted molar refractivity (Wildman–Crippen MR) is 93.2 cm³/mol. The predicted octanol–water partition coefficient (Wildman–Crippen LogP) is 4.04. The minimum atomic E-state index is -1.23. The van der Waals surface area contributed by atoms with Crippen LogP contribution in [0.15, 0.2) is 54.6 Å². The quantitative estimate of drug-likeness (QED) is 0.422. The van der Waals surface area contributed by atoms with Crippen molar-refractivity contribution in [3.05, 3.63) is 60.2 Å². The molecule has 0 fully saturated rings. The molecule has 0 bridgehead atoms. The summed E-state index contributed by atoms with van der Waals surface area (Å²) in [6.07, 6.45) is 0. The molecule has 3 heteroatoms. The van der Waals surface area contributed by atoms with Gasteiger partial charge in [0.25, 0.3) is 0 Å². The lowest BCUT2D eigenvalue weighted by atomic mass is 9.87. The molecule has 2 atom stereocenters. The van der Waals surface area contributed by atoms with Gasteiger partial charge in [0.15, 0.2) is 0 Å². The van der Waals surface area contributed by atoms with Gasteiger partial charge in [0.05, 0.1) is 11.3 Å². The highest BCUT2D eigenvalue weighted by atomic mass is 35.5. The van der Waals surface area contributed by atoms with E-state index < -0.39 is 11.3 Å². The molecule has 114 valence electrons. The Hall–Kier alpha value is -2.32. The Labute approximate surface area is 138 Å². The van der Waals surface area contributed by atoms with Crippen molar-refractivity contribution >= 4 is 49.9 Å². The van der Waals surface area contributed by atoms with Crippen LogP contribution in [-0.2, 0) is 4.79 Å². The molecular weight excluding hydrogens is 308 g/mol. The summed E-state index contributed by atoms with van der Waals surface area (Å²) in [6.45, 7) is 1.83. The first-order valence-electron chi connectivity index (χ1n) is 7.59. The molecule has 0 aliphatic rings. The molecule has 4 aromatic carbocycles. The van der Waals surface area contributed by atoms with Crippen LogP contribution in [0, 0.1) is 0 Å². The summed E-state index contributed by atoms with van der Waals surface area (Å²) >= 11 is 6.03. The normalized spacial score (nSPS) is 14.5. The lowest BCUT2D eigenvalue weighted by Gasteiger charge is -2.22. The summed E-state index contributed by atoms with van der Waals surface area (Å²) in [5, 5.41) is 17.1. The van der Waals surface area contributed by atoms with Crippen LogP contribution in [0.4, 0.5) is 0 Å². The molecule has 0 radical (unpaired) electrons. The molecule has 1 unspecified atom stereocenters. The van der Waals surface area contributed by atoms with E-state index in [2.05, 4.69) is 42.5 Å². The second-order valence-electron chi connectivity index (χ2n) is 6.02. The number of carbonyl (C=O) groups excluding carboxylic acids is 1. The minimum absolute atomic E-state index is 0.328. The first-order valence-corrected chi connectivity index (χ1v) is 8.03. The van der Waals surface area contributed by atoms with E-state index in [4.69, 9.17) is 11.6 Å². The molecule has 0 aliphatic carbocycles. The van der Waals surface area contributed by atoms with E-state index in [1.165, 1.54) is 21.5 Å². The van der Waals surface area contributed by atoms with Gasteiger partial charge in [-0.1, -0.05) is 61.5 Å². The van der Waals surface area contributed by atoms with Gasteiger partial charge in [0, 0.05) is 5.92 Å². The molecule has 4 aromatic rings. The molecule has 4 rings (SSSR count). The van der Waals surface area contributed by atoms with Crippen molar-refractivity contribution in [3.8, 4) is 0 Å². The fourth-order valence-electron chi connectivity index (χ4n) is 3.52. The molecule has 2 nitrogen and oxygen atoms in total. The average Bonchev–Trinajstić information content (AvgIpc) is 2.58. The second-order valence-corrected chi connectivity index (χ2v) is 6.49. The van der Waals surface area contributed by atoms with Gasteiger partial charge in [-0.25, -0.2) is 0 Å². The number of halogens is 1. The molecular formula is C20H14ClO2-. The maximum Gasteiger partial charge on any atom is 0.0796 e. The molecule has 0 aromatic heterocycles. The van der Waals surface area contributed by atoms with E-state index in [-0.39, 0.29) is 5.92 Å². The molecule has 0 saturated carbocycles. The topological polar surface area (TPSA) is 40.1 Å². The largest absolute Gasteiger partial charge is 0.549 e. The summed E-state index contributed by atoms with van der Waals surface area (Å²) < 4.78 is 0. The van der Waals surface area contributed by atoms with E-state index in [1.54, 1.807) is 0 Å². The number of hydrogen-bond acceptors (Lipinski definition) is 2. The van der Waals surface area contributed by atoms with Crippen molar-refractivity contribution < 1.29 is 9.90 Å². The third kappa shape index (κ3) is 2.06. The van der Waals surface area contributed by atoms with Crippen molar-refractivity contribution in [1.29, 1.82) is 0 Å². The van der Waals surface area contributed by atoms with Crippen LogP contribution in [0.25, 0.3) is 32.3 Å². The Kier molecular flexibility index (Phi) is 3.17. The summed E-state index contributed by atoms with van der Waals surface area (Å²) in [6, 6.07) is 18.6. The molecule has 0 heterocycles. The molecule has 0 saturated heterocycles. The lowest BCUT2D eigenvalue weighted by Crippen LogP contribution is -2.35. The van der Waals surface area contributed by atoms with Gasteiger partial charge >= 0.3 is 0 Å². The Morgan fingerprint density at radius 2 is 1.48 bits per heavy atom. The van der Waals surface area contributed by atoms with E-state index in [1.807, 2.05) is 19.1 Å². The van der Waals surface area contributed by atoms with Crippen molar-refractivity contribution in [2.45, 2.75) is 18.2 Å². The number of aliphatic carboxylic acids is 1. The third-order valence-electron chi connectivity index (χ3n) is 4.72. The highest BCUT2D eigenvalue weighted by Gasteiger charge is 2.21. The maximum absolute atomic E-state index is 11.1. The second kappa shape index (κ2) is 5.10. The number of hydrogen-bond donors (Lipinski definition) is 0. The SMILES string of the molecule is C[C@@H](c1ccc2ccc3cccc4ccc1c2c34)C(Cl)C(=O)[O-]. The van der Waals surface area contributed by atoms with E-state index >= 15 is 0 Å². The lowest BCUT2D eigenvalue weighted by molar-refractivity contribution is -0.305. The highest BCUT2D eigenvalue weighted by molar-refractivity contribution is 6.30. The van der Waals surface area contributed by atoms with Crippen LogP contribution in [0.3, 0.4) is 0 Å². The third-order valence-corrected chi connectivity index (χ3v) is 5.27. The Bertz CT molecular complexity index is 1020. The molecule has 23 heavy (non-hydrogen) atoms. The number of alkyl halides is 1. The highest BCUT2D eigenvalue weighted by Crippen LogP contribution is 2.38. The Balaban J connectivity index is 2.09. The van der Waals surface area contributed by atoms with Gasteiger partial charge in [-0.15, -0.1) is 11.6 Å². The first-order chi connectivity index (χ1) is 11.1. The number of carboxylic acid groups (broad SMARTS) is 1.